The van der Waals surface area contributed by atoms with Crippen molar-refractivity contribution in [2.45, 2.75) is 38.5 Å². The second-order valence-electron chi connectivity index (χ2n) is 6.36. The van der Waals surface area contributed by atoms with Gasteiger partial charge >= 0.3 is 0 Å². The maximum absolute atomic E-state index is 12.3. The van der Waals surface area contributed by atoms with Crippen LogP contribution in [-0.2, 0) is 4.79 Å². The van der Waals surface area contributed by atoms with E-state index in [4.69, 9.17) is 4.52 Å². The number of carbonyl (C=O) groups excluding carboxylic acids is 2. The van der Waals surface area contributed by atoms with Crippen LogP contribution in [0.25, 0.3) is 0 Å². The molecule has 1 N–H and O–H groups in total. The molecule has 1 aromatic heterocycles. The average molecular weight is 341 g/mol. The third kappa shape index (κ3) is 4.26. The molecule has 1 aliphatic heterocycles. The van der Waals surface area contributed by atoms with Gasteiger partial charge in [0.25, 0.3) is 5.91 Å². The Bertz CT molecular complexity index is 727. The highest BCUT2D eigenvalue weighted by Gasteiger charge is 2.27. The molecule has 2 amide bonds. The number of likely N-dealkylation sites (tertiary alicyclic amines) is 1. The summed E-state index contributed by atoms with van der Waals surface area (Å²) in [4.78, 5) is 26.3. The molecule has 1 aromatic carbocycles. The first-order valence-corrected chi connectivity index (χ1v) is 8.78. The monoisotopic (exact) mass is 341 g/mol. The normalized spacial score (nSPS) is 17.3. The molecule has 25 heavy (non-hydrogen) atoms. The van der Waals surface area contributed by atoms with Crippen molar-refractivity contribution in [1.82, 2.24) is 10.1 Å². The van der Waals surface area contributed by atoms with Crippen LogP contribution >= 0.6 is 0 Å². The van der Waals surface area contributed by atoms with E-state index in [1.54, 1.807) is 6.07 Å². The highest BCUT2D eigenvalue weighted by molar-refractivity contribution is 6.02. The van der Waals surface area contributed by atoms with Gasteiger partial charge in [-0.1, -0.05) is 30.3 Å². The van der Waals surface area contributed by atoms with Crippen molar-refractivity contribution in [3.63, 3.8) is 0 Å². The molecule has 0 radical (unpaired) electrons. The minimum absolute atomic E-state index is 0.0975. The van der Waals surface area contributed by atoms with Crippen LogP contribution in [0.4, 0.5) is 5.69 Å². The van der Waals surface area contributed by atoms with Gasteiger partial charge in [-0.15, -0.1) is 0 Å². The quantitative estimate of drug-likeness (QED) is 0.904. The van der Waals surface area contributed by atoms with Crippen LogP contribution in [0.1, 0.15) is 54.8 Å². The molecule has 0 bridgehead atoms. The van der Waals surface area contributed by atoms with E-state index in [1.807, 2.05) is 42.2 Å². The van der Waals surface area contributed by atoms with Crippen LogP contribution in [0.2, 0.25) is 0 Å². The predicted molar refractivity (Wildman–Crippen MR) is 94.4 cm³/mol. The molecule has 0 aliphatic carbocycles. The number of nitrogens with zero attached hydrogens (tertiary/aromatic N) is 2. The predicted octanol–water partition coefficient (Wildman–Crippen LogP) is 3.43. The molecule has 6 nitrogen and oxygen atoms in total. The fourth-order valence-corrected chi connectivity index (χ4v) is 3.11. The van der Waals surface area contributed by atoms with E-state index < -0.39 is 0 Å². The van der Waals surface area contributed by atoms with E-state index in [0.717, 1.165) is 25.8 Å². The summed E-state index contributed by atoms with van der Waals surface area (Å²) in [5, 5.41) is 6.70. The number of rotatable bonds is 5. The molecule has 1 unspecified atom stereocenters. The summed E-state index contributed by atoms with van der Waals surface area (Å²) in [6.07, 6.45) is 3.30. The highest BCUT2D eigenvalue weighted by atomic mass is 16.5. The molecule has 1 fully saturated rings. The summed E-state index contributed by atoms with van der Waals surface area (Å²) < 4.78 is 5.40. The van der Waals surface area contributed by atoms with Crippen LogP contribution in [-0.4, -0.2) is 35.0 Å². The van der Waals surface area contributed by atoms with Gasteiger partial charge < -0.3 is 14.7 Å². The number of hydrogen-bond acceptors (Lipinski definition) is 4. The summed E-state index contributed by atoms with van der Waals surface area (Å²) in [5.41, 5.74) is 0.974. The number of hydrogen-bond donors (Lipinski definition) is 1. The molecular formula is C19H23N3O3. The van der Waals surface area contributed by atoms with E-state index >= 15 is 0 Å². The van der Waals surface area contributed by atoms with Crippen molar-refractivity contribution in [3.8, 4) is 0 Å². The number of aromatic nitrogens is 1. The van der Waals surface area contributed by atoms with Gasteiger partial charge in [-0.3, -0.25) is 9.59 Å². The van der Waals surface area contributed by atoms with E-state index in [-0.39, 0.29) is 23.4 Å². The molecule has 0 spiro atoms. The fourth-order valence-electron chi connectivity index (χ4n) is 3.11. The molecule has 1 atom stereocenters. The van der Waals surface area contributed by atoms with E-state index in [9.17, 15) is 9.59 Å². The van der Waals surface area contributed by atoms with Crippen LogP contribution < -0.4 is 5.32 Å². The zero-order valence-electron chi connectivity index (χ0n) is 14.4. The Kier molecular flexibility index (Phi) is 5.48. The van der Waals surface area contributed by atoms with Crippen LogP contribution in [0, 0.1) is 0 Å². The number of anilines is 1. The van der Waals surface area contributed by atoms with Gasteiger partial charge in [0.1, 0.15) is 5.76 Å². The molecular weight excluding hydrogens is 318 g/mol. The van der Waals surface area contributed by atoms with Crippen LogP contribution in [0.15, 0.2) is 40.9 Å². The highest BCUT2D eigenvalue weighted by Crippen LogP contribution is 2.28. The van der Waals surface area contributed by atoms with Crippen molar-refractivity contribution < 1.29 is 14.1 Å². The molecule has 3 rings (SSSR count). The first-order chi connectivity index (χ1) is 12.2. The number of amides is 2. The summed E-state index contributed by atoms with van der Waals surface area (Å²) in [5.74, 6) is 0.664. The summed E-state index contributed by atoms with van der Waals surface area (Å²) in [6.45, 7) is 3.44. The number of carbonyl (C=O) groups is 2. The van der Waals surface area contributed by atoms with Gasteiger partial charge in [-0.05, 0) is 31.4 Å². The minimum Gasteiger partial charge on any atom is -0.360 e. The van der Waals surface area contributed by atoms with Gasteiger partial charge in [0, 0.05) is 37.2 Å². The lowest BCUT2D eigenvalue weighted by Crippen LogP contribution is -2.38. The molecule has 6 heteroatoms. The van der Waals surface area contributed by atoms with E-state index in [1.165, 1.54) is 0 Å². The SMILES string of the molecule is CCCC(=O)N1CCCC(c2cc(C(=O)Nc3ccccc3)no2)C1. The van der Waals surface area contributed by atoms with E-state index in [0.29, 0.717) is 24.4 Å². The standard InChI is InChI=1S/C19H23N3O3/c1-2-7-18(23)22-11-6-8-14(13-22)17-12-16(21-25-17)19(24)20-15-9-4-3-5-10-15/h3-5,9-10,12,14H,2,6-8,11,13H2,1H3,(H,20,24). The lowest BCUT2D eigenvalue weighted by atomic mass is 9.95. The topological polar surface area (TPSA) is 75.4 Å². The Hall–Kier alpha value is -2.63. The Balaban J connectivity index is 1.64. The van der Waals surface area contributed by atoms with Crippen molar-refractivity contribution in [1.29, 1.82) is 0 Å². The number of para-hydroxylation sites is 1. The van der Waals surface area contributed by atoms with Crippen molar-refractivity contribution in [2.75, 3.05) is 18.4 Å². The molecule has 2 heterocycles. The van der Waals surface area contributed by atoms with E-state index in [2.05, 4.69) is 10.5 Å². The Morgan fingerprint density at radius 1 is 1.32 bits per heavy atom. The Morgan fingerprint density at radius 2 is 2.12 bits per heavy atom. The second-order valence-corrected chi connectivity index (χ2v) is 6.36. The molecule has 0 saturated carbocycles. The number of benzene rings is 1. The maximum Gasteiger partial charge on any atom is 0.277 e. The minimum atomic E-state index is -0.295. The maximum atomic E-state index is 12.3. The van der Waals surface area contributed by atoms with Gasteiger partial charge in [0.15, 0.2) is 5.69 Å². The first kappa shape index (κ1) is 17.2. The second kappa shape index (κ2) is 7.96. The third-order valence-electron chi connectivity index (χ3n) is 4.43. The summed E-state index contributed by atoms with van der Waals surface area (Å²) in [6, 6.07) is 10.9. The number of nitrogens with one attached hydrogen (secondary N) is 1. The molecule has 1 aliphatic rings. The van der Waals surface area contributed by atoms with Gasteiger partial charge in [0.2, 0.25) is 5.91 Å². The average Bonchev–Trinajstić information content (AvgIpc) is 3.13. The van der Waals surface area contributed by atoms with Crippen molar-refractivity contribution >= 4 is 17.5 Å². The Labute approximate surface area is 147 Å². The van der Waals surface area contributed by atoms with Gasteiger partial charge in [-0.25, -0.2) is 0 Å². The van der Waals surface area contributed by atoms with Crippen LogP contribution in [0.3, 0.4) is 0 Å². The molecule has 132 valence electrons. The first-order valence-electron chi connectivity index (χ1n) is 8.78. The summed E-state index contributed by atoms with van der Waals surface area (Å²) in [7, 11) is 0. The molecule has 1 saturated heterocycles. The van der Waals surface area contributed by atoms with Gasteiger partial charge in [-0.2, -0.15) is 0 Å². The fraction of sp³-hybridized carbons (Fsp3) is 0.421. The van der Waals surface area contributed by atoms with Gasteiger partial charge in [0.05, 0.1) is 0 Å². The van der Waals surface area contributed by atoms with Crippen LogP contribution in [0.5, 0.6) is 0 Å². The van der Waals surface area contributed by atoms with Crippen molar-refractivity contribution in [3.05, 3.63) is 47.9 Å². The smallest absolute Gasteiger partial charge is 0.277 e. The van der Waals surface area contributed by atoms with Crippen molar-refractivity contribution in [2.24, 2.45) is 0 Å². The third-order valence-corrected chi connectivity index (χ3v) is 4.43. The lowest BCUT2D eigenvalue weighted by molar-refractivity contribution is -0.132. The lowest BCUT2D eigenvalue weighted by Gasteiger charge is -2.31. The Morgan fingerprint density at radius 3 is 2.88 bits per heavy atom. The zero-order chi connectivity index (χ0) is 17.6. The largest absolute Gasteiger partial charge is 0.360 e. The zero-order valence-corrected chi connectivity index (χ0v) is 14.4. The number of piperidine rings is 1. The summed E-state index contributed by atoms with van der Waals surface area (Å²) >= 11 is 0. The molecule has 2 aromatic rings.